The molecule has 74 valence electrons. The van der Waals surface area contributed by atoms with E-state index in [9.17, 15) is 0 Å². The van der Waals surface area contributed by atoms with Gasteiger partial charge in [-0.25, -0.2) is 0 Å². The van der Waals surface area contributed by atoms with Gasteiger partial charge in [-0.1, -0.05) is 18.2 Å². The van der Waals surface area contributed by atoms with E-state index < -0.39 is 0 Å². The zero-order valence-corrected chi connectivity index (χ0v) is 8.83. The van der Waals surface area contributed by atoms with Crippen LogP contribution in [0.1, 0.15) is 5.56 Å². The largest absolute Gasteiger partial charge is 0.342 e. The number of aromatic nitrogens is 1. The van der Waals surface area contributed by atoms with Crippen molar-refractivity contribution in [1.29, 1.82) is 5.26 Å². The SMILES string of the molecule is C=C(Cl)Cn1ccc2cc(C#N)ccc21. The van der Waals surface area contributed by atoms with Crippen LogP contribution in [0.4, 0.5) is 0 Å². The Hall–Kier alpha value is -1.72. The van der Waals surface area contributed by atoms with E-state index in [0.29, 0.717) is 17.1 Å². The third-order valence-corrected chi connectivity index (χ3v) is 2.36. The minimum atomic E-state index is 0.594. The van der Waals surface area contributed by atoms with Crippen molar-refractivity contribution >= 4 is 22.5 Å². The molecule has 0 saturated heterocycles. The molecule has 1 aromatic carbocycles. The molecule has 3 heteroatoms. The summed E-state index contributed by atoms with van der Waals surface area (Å²) in [4.78, 5) is 0. The Morgan fingerprint density at radius 2 is 2.27 bits per heavy atom. The quantitative estimate of drug-likeness (QED) is 0.758. The maximum absolute atomic E-state index is 8.76. The van der Waals surface area contributed by atoms with Crippen LogP contribution in [0.15, 0.2) is 42.1 Å². The molecule has 0 aliphatic rings. The standard InChI is InChI=1S/C12H9ClN2/c1-9(13)8-15-5-4-11-6-10(7-14)2-3-12(11)15/h2-6H,1,8H2. The average molecular weight is 217 g/mol. The monoisotopic (exact) mass is 216 g/mol. The van der Waals surface area contributed by atoms with E-state index in [1.54, 1.807) is 6.07 Å². The van der Waals surface area contributed by atoms with Gasteiger partial charge in [0, 0.05) is 22.1 Å². The van der Waals surface area contributed by atoms with E-state index in [1.807, 2.05) is 29.0 Å². The van der Waals surface area contributed by atoms with E-state index in [0.717, 1.165) is 10.9 Å². The molecule has 2 rings (SSSR count). The lowest BCUT2D eigenvalue weighted by atomic mass is 10.2. The Bertz CT molecular complexity index is 560. The molecule has 0 radical (unpaired) electrons. The van der Waals surface area contributed by atoms with Crippen LogP contribution < -0.4 is 0 Å². The molecule has 15 heavy (non-hydrogen) atoms. The molecule has 0 amide bonds. The number of halogens is 1. The first-order valence-electron chi connectivity index (χ1n) is 4.53. The molecular formula is C12H9ClN2. The summed E-state index contributed by atoms with van der Waals surface area (Å²) in [6, 6.07) is 9.67. The fourth-order valence-electron chi connectivity index (χ4n) is 1.59. The van der Waals surface area contributed by atoms with Crippen molar-refractivity contribution in [1.82, 2.24) is 4.57 Å². The number of hydrogen-bond donors (Lipinski definition) is 0. The number of nitriles is 1. The van der Waals surface area contributed by atoms with Gasteiger partial charge < -0.3 is 4.57 Å². The lowest BCUT2D eigenvalue weighted by molar-refractivity contribution is 0.853. The van der Waals surface area contributed by atoms with E-state index in [-0.39, 0.29) is 0 Å². The highest BCUT2D eigenvalue weighted by Gasteiger charge is 2.02. The molecule has 0 atom stereocenters. The van der Waals surface area contributed by atoms with Gasteiger partial charge in [0.1, 0.15) is 0 Å². The third kappa shape index (κ3) is 1.88. The summed E-state index contributed by atoms with van der Waals surface area (Å²) in [5, 5.41) is 10.4. The van der Waals surface area contributed by atoms with Crippen LogP contribution in [-0.2, 0) is 6.54 Å². The third-order valence-electron chi connectivity index (χ3n) is 2.24. The molecule has 2 nitrogen and oxygen atoms in total. The molecule has 0 aliphatic heterocycles. The van der Waals surface area contributed by atoms with E-state index in [1.165, 1.54) is 0 Å². The Morgan fingerprint density at radius 3 is 2.93 bits per heavy atom. The number of benzene rings is 1. The highest BCUT2D eigenvalue weighted by molar-refractivity contribution is 6.29. The van der Waals surface area contributed by atoms with Crippen LogP contribution in [0.3, 0.4) is 0 Å². The number of fused-ring (bicyclic) bond motifs is 1. The Kier molecular flexibility index (Phi) is 2.49. The van der Waals surface area contributed by atoms with Gasteiger partial charge in [-0.2, -0.15) is 5.26 Å². The maximum atomic E-state index is 8.76. The van der Waals surface area contributed by atoms with Crippen molar-refractivity contribution in [2.45, 2.75) is 6.54 Å². The molecule has 0 N–H and O–H groups in total. The van der Waals surface area contributed by atoms with E-state index in [2.05, 4.69) is 12.6 Å². The minimum Gasteiger partial charge on any atom is -0.342 e. The highest BCUT2D eigenvalue weighted by atomic mass is 35.5. The van der Waals surface area contributed by atoms with Crippen molar-refractivity contribution in [2.24, 2.45) is 0 Å². The number of nitrogens with zero attached hydrogens (tertiary/aromatic N) is 2. The second kappa shape index (κ2) is 3.80. The van der Waals surface area contributed by atoms with Crippen LogP contribution in [-0.4, -0.2) is 4.57 Å². The highest BCUT2D eigenvalue weighted by Crippen LogP contribution is 2.18. The summed E-state index contributed by atoms with van der Waals surface area (Å²) in [7, 11) is 0. The summed E-state index contributed by atoms with van der Waals surface area (Å²) in [5.74, 6) is 0. The van der Waals surface area contributed by atoms with Gasteiger partial charge in [-0.05, 0) is 24.3 Å². The van der Waals surface area contributed by atoms with Gasteiger partial charge in [0.05, 0.1) is 18.2 Å². The molecule has 0 saturated carbocycles. The van der Waals surface area contributed by atoms with Gasteiger partial charge in [0.15, 0.2) is 0 Å². The molecule has 1 aromatic heterocycles. The zero-order valence-electron chi connectivity index (χ0n) is 8.07. The van der Waals surface area contributed by atoms with Gasteiger partial charge >= 0.3 is 0 Å². The second-order valence-corrected chi connectivity index (χ2v) is 3.88. The molecule has 2 aromatic rings. The Labute approximate surface area is 93.0 Å². The van der Waals surface area contributed by atoms with Crippen LogP contribution >= 0.6 is 11.6 Å². The summed E-state index contributed by atoms with van der Waals surface area (Å²) < 4.78 is 2.01. The van der Waals surface area contributed by atoms with Gasteiger partial charge in [0.2, 0.25) is 0 Å². The summed E-state index contributed by atoms with van der Waals surface area (Å²) >= 11 is 5.76. The van der Waals surface area contributed by atoms with Crippen molar-refractivity contribution in [3.05, 3.63) is 47.6 Å². The molecular weight excluding hydrogens is 208 g/mol. The first-order chi connectivity index (χ1) is 7.20. The van der Waals surface area contributed by atoms with Crippen LogP contribution in [0.2, 0.25) is 0 Å². The van der Waals surface area contributed by atoms with Gasteiger partial charge in [-0.15, -0.1) is 0 Å². The van der Waals surface area contributed by atoms with Crippen LogP contribution in [0, 0.1) is 11.3 Å². The summed E-state index contributed by atoms with van der Waals surface area (Å²) in [6.07, 6.45) is 1.94. The maximum Gasteiger partial charge on any atom is 0.0991 e. The Balaban J connectivity index is 2.53. The first kappa shape index (κ1) is 9.82. The molecule has 1 heterocycles. The van der Waals surface area contributed by atoms with E-state index in [4.69, 9.17) is 16.9 Å². The molecule has 0 bridgehead atoms. The lowest BCUT2D eigenvalue weighted by Crippen LogP contribution is -1.94. The fraction of sp³-hybridized carbons (Fsp3) is 0.0833. The predicted molar refractivity (Wildman–Crippen MR) is 61.6 cm³/mol. The molecule has 0 spiro atoms. The fourth-order valence-corrected chi connectivity index (χ4v) is 1.72. The topological polar surface area (TPSA) is 28.7 Å². The van der Waals surface area contributed by atoms with Gasteiger partial charge in [0.25, 0.3) is 0 Å². The number of hydrogen-bond acceptors (Lipinski definition) is 1. The normalized spacial score (nSPS) is 10.1. The van der Waals surface area contributed by atoms with Crippen LogP contribution in [0.25, 0.3) is 10.9 Å². The van der Waals surface area contributed by atoms with Crippen molar-refractivity contribution in [3.8, 4) is 6.07 Å². The van der Waals surface area contributed by atoms with Crippen LogP contribution in [0.5, 0.6) is 0 Å². The van der Waals surface area contributed by atoms with Crippen molar-refractivity contribution in [3.63, 3.8) is 0 Å². The second-order valence-electron chi connectivity index (χ2n) is 3.35. The first-order valence-corrected chi connectivity index (χ1v) is 4.91. The molecule has 0 unspecified atom stereocenters. The summed E-state index contributed by atoms with van der Waals surface area (Å²) in [5.41, 5.74) is 1.74. The lowest BCUT2D eigenvalue weighted by Gasteiger charge is -2.02. The minimum absolute atomic E-state index is 0.594. The van der Waals surface area contributed by atoms with Crippen molar-refractivity contribution < 1.29 is 0 Å². The van der Waals surface area contributed by atoms with Gasteiger partial charge in [-0.3, -0.25) is 0 Å². The average Bonchev–Trinajstić information content (AvgIpc) is 2.60. The van der Waals surface area contributed by atoms with Crippen molar-refractivity contribution in [2.75, 3.05) is 0 Å². The zero-order chi connectivity index (χ0) is 10.8. The number of rotatable bonds is 2. The van der Waals surface area contributed by atoms with E-state index >= 15 is 0 Å². The molecule has 0 fully saturated rings. The Morgan fingerprint density at radius 1 is 1.47 bits per heavy atom. The predicted octanol–water partition coefficient (Wildman–Crippen LogP) is 3.27. The summed E-state index contributed by atoms with van der Waals surface area (Å²) in [6.45, 7) is 4.26. The number of allylic oxidation sites excluding steroid dienone is 1. The smallest absolute Gasteiger partial charge is 0.0991 e. The molecule has 0 aliphatic carbocycles.